The third-order valence-corrected chi connectivity index (χ3v) is 4.79. The highest BCUT2D eigenvalue weighted by Crippen LogP contribution is 2.25. The maximum absolute atomic E-state index is 12.3. The first-order chi connectivity index (χ1) is 12.0. The second kappa shape index (κ2) is 7.79. The van der Waals surface area contributed by atoms with Crippen LogP contribution in [0.5, 0.6) is 0 Å². The summed E-state index contributed by atoms with van der Waals surface area (Å²) in [4.78, 5) is 16.9. The van der Waals surface area contributed by atoms with E-state index in [1.54, 1.807) is 6.07 Å². The Morgan fingerprint density at radius 2 is 2.04 bits per heavy atom. The van der Waals surface area contributed by atoms with Gasteiger partial charge in [-0.2, -0.15) is 8.78 Å². The van der Waals surface area contributed by atoms with E-state index in [0.717, 1.165) is 10.7 Å². The molecule has 2 aromatic heterocycles. The fourth-order valence-corrected chi connectivity index (χ4v) is 3.25. The average Bonchev–Trinajstić information content (AvgIpc) is 3.21. The summed E-state index contributed by atoms with van der Waals surface area (Å²) in [6, 6.07) is 9.64. The van der Waals surface area contributed by atoms with Crippen molar-refractivity contribution < 1.29 is 18.0 Å². The molecule has 3 aromatic rings. The van der Waals surface area contributed by atoms with E-state index in [4.69, 9.17) is 4.42 Å². The van der Waals surface area contributed by atoms with Crippen molar-refractivity contribution in [3.63, 3.8) is 0 Å². The highest BCUT2D eigenvalue weighted by molar-refractivity contribution is 7.99. The van der Waals surface area contributed by atoms with E-state index in [0.29, 0.717) is 33.7 Å². The summed E-state index contributed by atoms with van der Waals surface area (Å²) in [6.45, 7) is 2.15. The number of hydrogen-bond donors (Lipinski definition) is 1. The summed E-state index contributed by atoms with van der Waals surface area (Å²) in [5.74, 6) is -1.51. The fourth-order valence-electron chi connectivity index (χ4n) is 2.14. The molecule has 2 heterocycles. The minimum atomic E-state index is -2.48. The lowest BCUT2D eigenvalue weighted by Gasteiger charge is -2.05. The predicted molar refractivity (Wildman–Crippen MR) is 94.0 cm³/mol. The SMILES string of the molecule is Cc1nc(-c2ccc(CNC(=O)c3ccc(SC(F)F)cc3)o2)cs1. The number of alkyl halides is 2. The summed E-state index contributed by atoms with van der Waals surface area (Å²) in [6.07, 6.45) is 0. The molecule has 0 radical (unpaired) electrons. The maximum atomic E-state index is 12.3. The monoisotopic (exact) mass is 380 g/mol. The smallest absolute Gasteiger partial charge is 0.288 e. The number of aryl methyl sites for hydroxylation is 1. The topological polar surface area (TPSA) is 55.1 Å². The van der Waals surface area contributed by atoms with E-state index in [1.165, 1.54) is 35.6 Å². The Bertz CT molecular complexity index is 860. The van der Waals surface area contributed by atoms with Gasteiger partial charge in [0.2, 0.25) is 0 Å². The Morgan fingerprint density at radius 3 is 2.68 bits per heavy atom. The Labute approximate surface area is 151 Å². The number of carbonyl (C=O) groups is 1. The standard InChI is InChI=1S/C17H14F2N2O2S2/c1-10-21-14(9-24-10)15-7-4-12(23-15)8-20-16(22)11-2-5-13(6-3-11)25-17(18)19/h2-7,9,17H,8H2,1H3,(H,20,22). The molecule has 0 aliphatic rings. The van der Waals surface area contributed by atoms with Gasteiger partial charge in [0, 0.05) is 15.8 Å². The van der Waals surface area contributed by atoms with E-state index < -0.39 is 5.76 Å². The van der Waals surface area contributed by atoms with E-state index in [1.807, 2.05) is 18.4 Å². The van der Waals surface area contributed by atoms with Gasteiger partial charge in [0.05, 0.1) is 11.6 Å². The molecule has 1 amide bonds. The van der Waals surface area contributed by atoms with E-state index in [2.05, 4.69) is 10.3 Å². The lowest BCUT2D eigenvalue weighted by molar-refractivity contribution is 0.0948. The van der Waals surface area contributed by atoms with Gasteiger partial charge in [0.1, 0.15) is 11.5 Å². The normalized spacial score (nSPS) is 11.0. The molecule has 0 spiro atoms. The minimum absolute atomic E-state index is 0.232. The number of halogens is 2. The maximum Gasteiger partial charge on any atom is 0.288 e. The second-order valence-electron chi connectivity index (χ2n) is 5.10. The van der Waals surface area contributed by atoms with Crippen LogP contribution in [0.4, 0.5) is 8.78 Å². The number of aromatic nitrogens is 1. The van der Waals surface area contributed by atoms with Gasteiger partial charge in [-0.15, -0.1) is 11.3 Å². The molecule has 0 aliphatic carbocycles. The van der Waals surface area contributed by atoms with Gasteiger partial charge < -0.3 is 9.73 Å². The minimum Gasteiger partial charge on any atom is -0.458 e. The van der Waals surface area contributed by atoms with Crippen LogP contribution in [0.2, 0.25) is 0 Å². The van der Waals surface area contributed by atoms with Gasteiger partial charge >= 0.3 is 0 Å². The van der Waals surface area contributed by atoms with Crippen molar-refractivity contribution in [1.29, 1.82) is 0 Å². The zero-order chi connectivity index (χ0) is 17.8. The highest BCUT2D eigenvalue weighted by atomic mass is 32.2. The number of rotatable bonds is 6. The van der Waals surface area contributed by atoms with Crippen molar-refractivity contribution in [2.24, 2.45) is 0 Å². The Morgan fingerprint density at radius 1 is 1.28 bits per heavy atom. The van der Waals surface area contributed by atoms with Gasteiger partial charge in [0.15, 0.2) is 5.76 Å². The first-order valence-electron chi connectivity index (χ1n) is 7.35. The van der Waals surface area contributed by atoms with Crippen LogP contribution in [0, 0.1) is 6.92 Å². The molecule has 0 saturated heterocycles. The molecule has 1 N–H and O–H groups in total. The molecule has 8 heteroatoms. The number of hydrogen-bond acceptors (Lipinski definition) is 5. The largest absolute Gasteiger partial charge is 0.458 e. The Kier molecular flexibility index (Phi) is 5.50. The van der Waals surface area contributed by atoms with Gasteiger partial charge in [-0.25, -0.2) is 4.98 Å². The quantitative estimate of drug-likeness (QED) is 0.615. The lowest BCUT2D eigenvalue weighted by atomic mass is 10.2. The lowest BCUT2D eigenvalue weighted by Crippen LogP contribution is -2.22. The molecule has 25 heavy (non-hydrogen) atoms. The number of furan rings is 1. The summed E-state index contributed by atoms with van der Waals surface area (Å²) in [7, 11) is 0. The summed E-state index contributed by atoms with van der Waals surface area (Å²) < 4.78 is 30.2. The van der Waals surface area contributed by atoms with Crippen molar-refractivity contribution in [2.45, 2.75) is 24.1 Å². The van der Waals surface area contributed by atoms with E-state index >= 15 is 0 Å². The van der Waals surface area contributed by atoms with Crippen molar-refractivity contribution in [2.75, 3.05) is 0 Å². The van der Waals surface area contributed by atoms with Crippen molar-refractivity contribution in [3.05, 3.63) is 58.1 Å². The van der Waals surface area contributed by atoms with Gasteiger partial charge in [0.25, 0.3) is 11.7 Å². The van der Waals surface area contributed by atoms with Crippen LogP contribution in [0.25, 0.3) is 11.5 Å². The third kappa shape index (κ3) is 4.67. The Hall–Kier alpha value is -2.19. The van der Waals surface area contributed by atoms with Gasteiger partial charge in [-0.05, 0) is 43.3 Å². The fraction of sp³-hybridized carbons (Fsp3) is 0.176. The summed E-state index contributed by atoms with van der Waals surface area (Å²) in [5.41, 5.74) is 1.17. The van der Waals surface area contributed by atoms with Crippen LogP contribution in [0.1, 0.15) is 21.1 Å². The highest BCUT2D eigenvalue weighted by Gasteiger charge is 2.11. The molecule has 0 fully saturated rings. The van der Waals surface area contributed by atoms with Gasteiger partial charge in [-0.1, -0.05) is 11.8 Å². The van der Waals surface area contributed by atoms with Crippen LogP contribution in [-0.2, 0) is 6.54 Å². The van der Waals surface area contributed by atoms with Crippen LogP contribution in [0.3, 0.4) is 0 Å². The first-order valence-corrected chi connectivity index (χ1v) is 9.11. The van der Waals surface area contributed by atoms with Crippen LogP contribution >= 0.6 is 23.1 Å². The zero-order valence-electron chi connectivity index (χ0n) is 13.2. The number of nitrogens with zero attached hydrogens (tertiary/aromatic N) is 1. The number of thiazole rings is 1. The summed E-state index contributed by atoms with van der Waals surface area (Å²) >= 11 is 1.99. The van der Waals surface area contributed by atoms with E-state index in [-0.39, 0.29) is 12.5 Å². The molecule has 0 saturated carbocycles. The number of benzene rings is 1. The van der Waals surface area contributed by atoms with Crippen LogP contribution in [0.15, 0.2) is 51.1 Å². The molecule has 1 aromatic carbocycles. The van der Waals surface area contributed by atoms with E-state index in [9.17, 15) is 13.6 Å². The number of nitrogens with one attached hydrogen (secondary N) is 1. The molecule has 0 aliphatic heterocycles. The molecule has 0 unspecified atom stereocenters. The molecule has 0 bridgehead atoms. The van der Waals surface area contributed by atoms with Crippen molar-refractivity contribution >= 4 is 29.0 Å². The number of amides is 1. The average molecular weight is 380 g/mol. The molecular formula is C17H14F2N2O2S2. The van der Waals surface area contributed by atoms with Crippen LogP contribution in [-0.4, -0.2) is 16.6 Å². The number of thioether (sulfide) groups is 1. The molecule has 4 nitrogen and oxygen atoms in total. The second-order valence-corrected chi connectivity index (χ2v) is 7.23. The van der Waals surface area contributed by atoms with Gasteiger partial charge in [-0.3, -0.25) is 4.79 Å². The summed E-state index contributed by atoms with van der Waals surface area (Å²) in [5, 5.41) is 5.61. The van der Waals surface area contributed by atoms with Crippen molar-refractivity contribution in [3.8, 4) is 11.5 Å². The molecule has 0 atom stereocenters. The zero-order valence-corrected chi connectivity index (χ0v) is 14.8. The molecule has 3 rings (SSSR count). The van der Waals surface area contributed by atoms with Crippen LogP contribution < -0.4 is 5.32 Å². The molecular weight excluding hydrogens is 366 g/mol. The van der Waals surface area contributed by atoms with Crippen molar-refractivity contribution in [1.82, 2.24) is 10.3 Å². The predicted octanol–water partition coefficient (Wildman–Crippen LogP) is 4.96. The third-order valence-electron chi connectivity index (χ3n) is 3.30. The Balaban J connectivity index is 1.58. The molecule has 130 valence electrons. The number of carbonyl (C=O) groups excluding carboxylic acids is 1. The first kappa shape index (κ1) is 17.6.